The fourth-order valence-electron chi connectivity index (χ4n) is 9.12. The van der Waals surface area contributed by atoms with Crippen LogP contribution in [0.25, 0.3) is 0 Å². The maximum atomic E-state index is 14.6. The molecular weight excluding hydrogens is 1050 g/mol. The highest BCUT2D eigenvalue weighted by Crippen LogP contribution is 2.22. The molecule has 422 valence electrons. The number of carbonyl (C=O) groups excluding carboxylic acids is 9. The van der Waals surface area contributed by atoms with E-state index in [4.69, 9.17) is 11.5 Å². The first-order valence-corrected chi connectivity index (χ1v) is 28.8. The van der Waals surface area contributed by atoms with Gasteiger partial charge in [0.05, 0.1) is 6.04 Å². The number of thioether (sulfide) groups is 2. The van der Waals surface area contributed by atoms with Gasteiger partial charge in [0.25, 0.3) is 0 Å². The smallest absolute Gasteiger partial charge is 0.246 e. The van der Waals surface area contributed by atoms with Crippen molar-refractivity contribution in [1.82, 2.24) is 42.1 Å². The number of hydrogen-bond donors (Lipinski definition) is 10. The molecule has 0 saturated carbocycles. The average Bonchev–Trinajstić information content (AvgIpc) is 3.97. The summed E-state index contributed by atoms with van der Waals surface area (Å²) < 4.78 is 0. The van der Waals surface area contributed by atoms with Gasteiger partial charge in [0.2, 0.25) is 53.2 Å². The maximum absolute atomic E-state index is 14.6. The van der Waals surface area contributed by atoms with Crippen LogP contribution in [-0.4, -0.2) is 141 Å². The van der Waals surface area contributed by atoms with E-state index in [0.717, 1.165) is 11.1 Å². The van der Waals surface area contributed by atoms with Gasteiger partial charge in [0.15, 0.2) is 0 Å². The summed E-state index contributed by atoms with van der Waals surface area (Å²) in [6.07, 6.45) is 0.901. The number of primary amides is 1. The van der Waals surface area contributed by atoms with Crippen LogP contribution < -0.4 is 48.7 Å². The molecule has 12 N–H and O–H groups in total. The third-order valence-corrected chi connectivity index (χ3v) is 16.0. The Bertz CT molecular complexity index is 2710. The fraction of sp³-hybridized carbons (Fsp3) is 0.421. The highest BCUT2D eigenvalue weighted by molar-refractivity contribution is 8.16. The summed E-state index contributed by atoms with van der Waals surface area (Å²) in [4.78, 5) is 127. The summed E-state index contributed by atoms with van der Waals surface area (Å²) in [5, 5.41) is 29.8. The first-order valence-electron chi connectivity index (χ1n) is 26.5. The number of benzene rings is 4. The summed E-state index contributed by atoms with van der Waals surface area (Å²) in [6.45, 7) is 3.47. The molecular formula is C57H72N10O10S2. The fourth-order valence-corrected chi connectivity index (χ4v) is 11.4. The zero-order valence-electron chi connectivity index (χ0n) is 44.4. The van der Waals surface area contributed by atoms with Crippen LogP contribution >= 0.6 is 23.5 Å². The van der Waals surface area contributed by atoms with Gasteiger partial charge in [-0.2, -0.15) is 11.8 Å². The lowest BCUT2D eigenvalue weighted by Crippen LogP contribution is -2.60. The van der Waals surface area contributed by atoms with Crippen LogP contribution in [0.15, 0.2) is 115 Å². The van der Waals surface area contributed by atoms with Crippen molar-refractivity contribution < 1.29 is 48.3 Å². The molecule has 0 spiro atoms. The number of rotatable bonds is 16. The molecule has 2 heterocycles. The summed E-state index contributed by atoms with van der Waals surface area (Å²) in [7, 11) is 0. The van der Waals surface area contributed by atoms with Crippen molar-refractivity contribution in [2.45, 2.75) is 126 Å². The van der Waals surface area contributed by atoms with Crippen molar-refractivity contribution in [2.24, 2.45) is 11.5 Å². The van der Waals surface area contributed by atoms with E-state index in [2.05, 4.69) is 37.2 Å². The van der Waals surface area contributed by atoms with Gasteiger partial charge in [-0.3, -0.25) is 43.2 Å². The molecule has 0 aromatic heterocycles. The minimum atomic E-state index is -1.45. The zero-order chi connectivity index (χ0) is 56.8. The number of nitrogens with one attached hydrogen (secondary N) is 7. The Labute approximate surface area is 468 Å². The molecule has 0 bridgehead atoms. The van der Waals surface area contributed by atoms with E-state index in [1.807, 2.05) is 55.5 Å². The van der Waals surface area contributed by atoms with E-state index in [9.17, 15) is 48.3 Å². The van der Waals surface area contributed by atoms with Crippen LogP contribution in [0.3, 0.4) is 0 Å². The molecule has 0 aliphatic carbocycles. The van der Waals surface area contributed by atoms with Crippen molar-refractivity contribution in [3.05, 3.63) is 138 Å². The molecule has 79 heavy (non-hydrogen) atoms. The van der Waals surface area contributed by atoms with E-state index in [-0.39, 0.29) is 69.0 Å². The second kappa shape index (κ2) is 30.6. The summed E-state index contributed by atoms with van der Waals surface area (Å²) in [6, 6.07) is 23.4. The molecule has 6 rings (SSSR count). The van der Waals surface area contributed by atoms with Gasteiger partial charge in [0.1, 0.15) is 48.0 Å². The van der Waals surface area contributed by atoms with E-state index >= 15 is 0 Å². The molecule has 4 aromatic carbocycles. The largest absolute Gasteiger partial charge is 0.508 e. The molecule has 9 atom stereocenters. The highest BCUT2D eigenvalue weighted by Gasteiger charge is 2.40. The molecule has 2 saturated heterocycles. The van der Waals surface area contributed by atoms with Crippen LogP contribution in [0.2, 0.25) is 0 Å². The number of nitrogens with two attached hydrogens (primary N) is 2. The molecule has 0 radical (unpaired) electrons. The number of hydrogen-bond acceptors (Lipinski definition) is 13. The van der Waals surface area contributed by atoms with Gasteiger partial charge in [0, 0.05) is 49.1 Å². The van der Waals surface area contributed by atoms with E-state index in [0.29, 0.717) is 34.8 Å². The highest BCUT2D eigenvalue weighted by atomic mass is 32.2. The van der Waals surface area contributed by atoms with Gasteiger partial charge in [-0.05, 0) is 86.1 Å². The van der Waals surface area contributed by atoms with E-state index < -0.39 is 101 Å². The van der Waals surface area contributed by atoms with Crippen LogP contribution in [0.5, 0.6) is 5.75 Å². The molecule has 2 aliphatic heterocycles. The third kappa shape index (κ3) is 19.5. The number of phenolic OH excluding ortho intramolecular Hbond substituents is 1. The minimum Gasteiger partial charge on any atom is -0.508 e. The molecule has 9 amide bonds. The lowest BCUT2D eigenvalue weighted by molar-refractivity contribution is -0.142. The number of aromatic hydroxyl groups is 1. The standard InChI is InChI=1S/C57H72N10O10S2/c1-35-26-28-78-34-79-33-47(66-56(76)48-19-12-27-67(48)57(77)46(32-39-17-10-5-11-18-39)65-51(71)42(58)29-40-20-22-41(68)23-21-40)55(75)62-43(24-25-49(59)69)52(72)64-45(31-38-15-8-4-9-16-38)54(74)61-36(2)50(70)63-44(53(73)60-35)30-37-13-6-3-7-14-37/h3-11,13-18,20-23,35-36,42-48,68H,12,19,24-34,58H2,1-2H3,(H2,59,69)(H,60,73)(H,61,74)(H,62,75)(H,63,70)(H,64,72)(H,65,71)(H,66,76)/t35-,36+,42-,43+,44+,45+,46+,47-,48+/m1/s1. The summed E-state index contributed by atoms with van der Waals surface area (Å²) in [5.41, 5.74) is 14.8. The molecule has 0 unspecified atom stereocenters. The Morgan fingerprint density at radius 3 is 1.81 bits per heavy atom. The topological polar surface area (TPSA) is 313 Å². The van der Waals surface area contributed by atoms with Crippen LogP contribution in [-0.2, 0) is 68.8 Å². The third-order valence-electron chi connectivity index (χ3n) is 13.5. The van der Waals surface area contributed by atoms with Crippen molar-refractivity contribution in [1.29, 1.82) is 0 Å². The van der Waals surface area contributed by atoms with Crippen molar-refractivity contribution >= 4 is 76.7 Å². The average molecular weight is 1120 g/mol. The second-order valence-electron chi connectivity index (χ2n) is 19.9. The molecule has 20 nitrogen and oxygen atoms in total. The Morgan fingerprint density at radius 2 is 1.20 bits per heavy atom. The van der Waals surface area contributed by atoms with Gasteiger partial charge in [-0.25, -0.2) is 0 Å². The summed E-state index contributed by atoms with van der Waals surface area (Å²) in [5.74, 6) is -5.38. The molecule has 2 aliphatic rings. The van der Waals surface area contributed by atoms with E-state index in [1.54, 1.807) is 54.6 Å². The Kier molecular flexibility index (Phi) is 23.6. The van der Waals surface area contributed by atoms with Gasteiger partial charge >= 0.3 is 0 Å². The van der Waals surface area contributed by atoms with Crippen molar-refractivity contribution in [2.75, 3.05) is 23.1 Å². The molecule has 2 fully saturated rings. The quantitative estimate of drug-likeness (QED) is 0.0762. The van der Waals surface area contributed by atoms with Gasteiger partial charge in [-0.15, -0.1) is 11.8 Å². The minimum absolute atomic E-state index is 0.00505. The number of carbonyl (C=O) groups is 9. The first-order chi connectivity index (χ1) is 37.9. The number of likely N-dealkylation sites (tertiary alicyclic amines) is 1. The molecule has 4 aromatic rings. The Hall–Kier alpha value is -7.43. The first kappa shape index (κ1) is 60.8. The lowest BCUT2D eigenvalue weighted by atomic mass is 10.0. The van der Waals surface area contributed by atoms with Crippen molar-refractivity contribution in [3.8, 4) is 5.75 Å². The molecule has 22 heteroatoms. The number of amides is 9. The Morgan fingerprint density at radius 1 is 0.658 bits per heavy atom. The van der Waals surface area contributed by atoms with Gasteiger partial charge < -0.3 is 58.7 Å². The van der Waals surface area contributed by atoms with Gasteiger partial charge in [-0.1, -0.05) is 103 Å². The van der Waals surface area contributed by atoms with Crippen LogP contribution in [0.4, 0.5) is 0 Å². The number of nitrogens with zero attached hydrogens (tertiary/aromatic N) is 1. The Balaban J connectivity index is 1.24. The van der Waals surface area contributed by atoms with E-state index in [1.165, 1.54) is 47.5 Å². The SMILES string of the molecule is C[C@@H]1CCSCSC[C@@H](NC(=O)[C@@H]2CCCN2C(=O)[C@H](Cc2ccccc2)NC(=O)[C@H](N)Cc2ccc(O)cc2)C(=O)N[C@@H](CCC(N)=O)C(=O)N[C@@H](Cc2ccccc2)C(=O)N[C@@H](C)C(=O)N[C@@H](Cc2ccccc2)C(=O)N1. The predicted molar refractivity (Wildman–Crippen MR) is 303 cm³/mol. The van der Waals surface area contributed by atoms with Crippen molar-refractivity contribution in [3.63, 3.8) is 0 Å². The summed E-state index contributed by atoms with van der Waals surface area (Å²) >= 11 is 2.86. The van der Waals surface area contributed by atoms with Crippen LogP contribution in [0, 0.1) is 0 Å². The van der Waals surface area contributed by atoms with Crippen LogP contribution in [0.1, 0.15) is 68.2 Å². The lowest BCUT2D eigenvalue weighted by Gasteiger charge is -2.31. The second-order valence-corrected chi connectivity index (χ2v) is 22.4. The normalized spacial score (nSPS) is 22.9. The monoisotopic (exact) mass is 1120 g/mol. The predicted octanol–water partition coefficient (Wildman–Crippen LogP) is 1.51. The maximum Gasteiger partial charge on any atom is 0.246 e. The number of phenols is 1. The zero-order valence-corrected chi connectivity index (χ0v) is 46.0.